The first-order valence-corrected chi connectivity index (χ1v) is 20.9. The number of carbonyl (C=O) groups is 5. The highest BCUT2D eigenvalue weighted by molar-refractivity contribution is 5.99. The van der Waals surface area contributed by atoms with Crippen LogP contribution in [0.2, 0.25) is 0 Å². The van der Waals surface area contributed by atoms with E-state index in [9.17, 15) is 24.0 Å². The van der Waals surface area contributed by atoms with Gasteiger partial charge in [0.1, 0.15) is 0 Å². The van der Waals surface area contributed by atoms with Crippen molar-refractivity contribution in [2.45, 2.75) is 102 Å². The summed E-state index contributed by atoms with van der Waals surface area (Å²) in [5.41, 5.74) is 3.25. The van der Waals surface area contributed by atoms with Gasteiger partial charge in [0.25, 0.3) is 11.8 Å². The van der Waals surface area contributed by atoms with Gasteiger partial charge in [0, 0.05) is 80.2 Å². The highest BCUT2D eigenvalue weighted by Crippen LogP contribution is 2.42. The molecule has 0 bridgehead atoms. The van der Waals surface area contributed by atoms with Crippen LogP contribution < -0.4 is 10.6 Å². The molecule has 0 unspecified atom stereocenters. The molecule has 3 aromatic carbocycles. The van der Waals surface area contributed by atoms with E-state index in [1.165, 1.54) is 24.0 Å². The predicted molar refractivity (Wildman–Crippen MR) is 216 cm³/mol. The van der Waals surface area contributed by atoms with Crippen LogP contribution in [0.1, 0.15) is 115 Å². The lowest BCUT2D eigenvalue weighted by atomic mass is 9.94. The Bertz CT molecular complexity index is 1780. The van der Waals surface area contributed by atoms with Crippen LogP contribution >= 0.6 is 0 Å². The first kappa shape index (κ1) is 39.3. The van der Waals surface area contributed by atoms with Crippen molar-refractivity contribution in [3.8, 4) is 0 Å². The monoisotopic (exact) mass is 759 g/mol. The van der Waals surface area contributed by atoms with Crippen LogP contribution in [0, 0.1) is 11.8 Å². The molecule has 2 aliphatic heterocycles. The molecule has 2 saturated carbocycles. The summed E-state index contributed by atoms with van der Waals surface area (Å²) in [6, 6.07) is 26.9. The SMILES string of the molecule is CCCCCCCC(=O)N1CCCN(C(=O)c2ccc(C(=O)N3C[C@@H](C(=O)N[C@H]4C[C@@H]4c4ccccc4)[C@H](C(=O)N[C@H]4C[C@@H]4c4ccccc4)C3)cc2)C[C@@H]1C. The van der Waals surface area contributed by atoms with Crippen molar-refractivity contribution in [3.63, 3.8) is 0 Å². The van der Waals surface area contributed by atoms with Gasteiger partial charge in [-0.05, 0) is 68.0 Å². The fourth-order valence-corrected chi connectivity index (χ4v) is 8.79. The zero-order valence-corrected chi connectivity index (χ0v) is 32.9. The molecular weight excluding hydrogens is 703 g/mol. The first-order chi connectivity index (χ1) is 27.2. The van der Waals surface area contributed by atoms with Gasteiger partial charge in [-0.2, -0.15) is 0 Å². The summed E-state index contributed by atoms with van der Waals surface area (Å²) >= 11 is 0. The Labute approximate surface area is 331 Å². The van der Waals surface area contributed by atoms with E-state index in [-0.39, 0.29) is 72.6 Å². The number of hydrogen-bond acceptors (Lipinski definition) is 5. The van der Waals surface area contributed by atoms with Crippen molar-refractivity contribution in [1.82, 2.24) is 25.3 Å². The summed E-state index contributed by atoms with van der Waals surface area (Å²) < 4.78 is 0. The Balaban J connectivity index is 0.973. The van der Waals surface area contributed by atoms with E-state index in [2.05, 4.69) is 41.8 Å². The summed E-state index contributed by atoms with van der Waals surface area (Å²) in [6.45, 7) is 6.13. The van der Waals surface area contributed by atoms with Crippen molar-refractivity contribution in [3.05, 3.63) is 107 Å². The number of amides is 5. The van der Waals surface area contributed by atoms with Crippen LogP contribution in [0.25, 0.3) is 0 Å². The molecular formula is C46H57N5O5. The molecule has 7 rings (SSSR count). The van der Waals surface area contributed by atoms with Gasteiger partial charge in [0.15, 0.2) is 0 Å². The second-order valence-electron chi connectivity index (χ2n) is 16.4. The largest absolute Gasteiger partial charge is 0.352 e. The van der Waals surface area contributed by atoms with Crippen molar-refractivity contribution >= 4 is 29.5 Å². The molecule has 0 spiro atoms. The Morgan fingerprint density at radius 2 is 1.11 bits per heavy atom. The van der Waals surface area contributed by atoms with E-state index in [1.54, 1.807) is 29.2 Å². The summed E-state index contributed by atoms with van der Waals surface area (Å²) in [6.07, 6.45) is 8.47. The van der Waals surface area contributed by atoms with Crippen LogP contribution in [-0.4, -0.2) is 95.1 Å². The summed E-state index contributed by atoms with van der Waals surface area (Å²) in [5, 5.41) is 6.39. The number of likely N-dealkylation sites (tertiary alicyclic amines) is 1. The average Bonchev–Trinajstić information content (AvgIpc) is 4.14. The lowest BCUT2D eigenvalue weighted by molar-refractivity contribution is -0.133. The number of rotatable bonds is 14. The fraction of sp³-hybridized carbons (Fsp3) is 0.500. The van der Waals surface area contributed by atoms with Crippen LogP contribution in [0.15, 0.2) is 84.9 Å². The molecule has 10 nitrogen and oxygen atoms in total. The van der Waals surface area contributed by atoms with E-state index >= 15 is 0 Å². The number of carbonyl (C=O) groups excluding carboxylic acids is 5. The topological polar surface area (TPSA) is 119 Å². The molecule has 7 atom stereocenters. The molecule has 10 heteroatoms. The molecule has 4 aliphatic rings. The van der Waals surface area contributed by atoms with E-state index in [1.807, 2.05) is 53.1 Å². The van der Waals surface area contributed by atoms with Crippen molar-refractivity contribution < 1.29 is 24.0 Å². The molecule has 296 valence electrons. The van der Waals surface area contributed by atoms with Gasteiger partial charge >= 0.3 is 0 Å². The molecule has 2 N–H and O–H groups in total. The maximum atomic E-state index is 14.0. The Hall–Kier alpha value is -4.99. The van der Waals surface area contributed by atoms with Gasteiger partial charge in [-0.1, -0.05) is 93.3 Å². The third kappa shape index (κ3) is 9.33. The van der Waals surface area contributed by atoms with E-state index in [4.69, 9.17) is 0 Å². The minimum absolute atomic E-state index is 0.00501. The normalized spacial score (nSPS) is 25.6. The van der Waals surface area contributed by atoms with Gasteiger partial charge in [0.2, 0.25) is 17.7 Å². The number of hydrogen-bond donors (Lipinski definition) is 2. The molecule has 5 amide bonds. The predicted octanol–water partition coefficient (Wildman–Crippen LogP) is 6.14. The number of unbranched alkanes of at least 4 members (excludes halogenated alkanes) is 4. The number of benzene rings is 3. The summed E-state index contributed by atoms with van der Waals surface area (Å²) in [4.78, 5) is 73.7. The van der Waals surface area contributed by atoms with E-state index < -0.39 is 11.8 Å². The minimum Gasteiger partial charge on any atom is -0.352 e. The van der Waals surface area contributed by atoms with Crippen molar-refractivity contribution in [2.75, 3.05) is 32.7 Å². The zero-order chi connectivity index (χ0) is 39.2. The number of nitrogens with zero attached hydrogens (tertiary/aromatic N) is 3. The van der Waals surface area contributed by atoms with Crippen LogP contribution in [0.4, 0.5) is 0 Å². The average molecular weight is 760 g/mol. The second kappa shape index (κ2) is 17.9. The van der Waals surface area contributed by atoms with Crippen LogP contribution in [0.3, 0.4) is 0 Å². The second-order valence-corrected chi connectivity index (χ2v) is 16.4. The molecule has 4 fully saturated rings. The van der Waals surface area contributed by atoms with Gasteiger partial charge in [-0.3, -0.25) is 24.0 Å². The molecule has 3 aromatic rings. The maximum Gasteiger partial charge on any atom is 0.253 e. The first-order valence-electron chi connectivity index (χ1n) is 20.9. The highest BCUT2D eigenvalue weighted by atomic mass is 16.2. The van der Waals surface area contributed by atoms with Crippen molar-refractivity contribution in [1.29, 1.82) is 0 Å². The van der Waals surface area contributed by atoms with Crippen LogP contribution in [-0.2, 0) is 14.4 Å². The molecule has 0 aromatic heterocycles. The standard InChI is InChI=1S/C46H57N5O5/c1-3-4-5-6-13-19-42(52)51-25-14-24-49(28-31(51)2)45(55)34-20-22-35(23-21-34)46(56)50-29-38(43(53)47-40-26-36(40)32-15-9-7-10-16-32)39(30-50)44(54)48-41-27-37(41)33-17-11-8-12-18-33/h7-12,15-18,20-23,31,36-41H,3-6,13-14,19,24-30H2,1-2H3,(H,47,53)(H,48,54)/t31-,36+,37+,38+,39+,40-,41-/m0/s1. The Morgan fingerprint density at radius 1 is 0.607 bits per heavy atom. The zero-order valence-electron chi connectivity index (χ0n) is 32.9. The third-order valence-electron chi connectivity index (χ3n) is 12.3. The minimum atomic E-state index is -0.678. The van der Waals surface area contributed by atoms with Crippen molar-refractivity contribution in [2.24, 2.45) is 11.8 Å². The number of nitrogens with one attached hydrogen (secondary N) is 2. The van der Waals surface area contributed by atoms with Gasteiger partial charge < -0.3 is 25.3 Å². The maximum absolute atomic E-state index is 14.0. The molecule has 2 heterocycles. The van der Waals surface area contributed by atoms with E-state index in [0.717, 1.165) is 32.1 Å². The quantitative estimate of drug-likeness (QED) is 0.192. The lowest BCUT2D eigenvalue weighted by Gasteiger charge is -2.29. The molecule has 2 saturated heterocycles. The summed E-state index contributed by atoms with van der Waals surface area (Å²) in [7, 11) is 0. The molecule has 56 heavy (non-hydrogen) atoms. The van der Waals surface area contributed by atoms with E-state index in [0.29, 0.717) is 43.6 Å². The molecule has 2 aliphatic carbocycles. The van der Waals surface area contributed by atoms with Crippen LogP contribution in [0.5, 0.6) is 0 Å². The van der Waals surface area contributed by atoms with Gasteiger partial charge in [0.05, 0.1) is 11.8 Å². The lowest BCUT2D eigenvalue weighted by Crippen LogP contribution is -2.43. The summed E-state index contributed by atoms with van der Waals surface area (Å²) in [5.74, 6) is -1.48. The Morgan fingerprint density at radius 3 is 1.62 bits per heavy atom. The third-order valence-corrected chi connectivity index (χ3v) is 12.3. The van der Waals surface area contributed by atoms with Gasteiger partial charge in [-0.25, -0.2) is 0 Å². The smallest absolute Gasteiger partial charge is 0.253 e. The fourth-order valence-electron chi connectivity index (χ4n) is 8.79. The van der Waals surface area contributed by atoms with Gasteiger partial charge in [-0.15, -0.1) is 0 Å². The molecule has 0 radical (unpaired) electrons. The Kier molecular flexibility index (Phi) is 12.5. The highest BCUT2D eigenvalue weighted by Gasteiger charge is 2.49.